The van der Waals surface area contributed by atoms with Gasteiger partial charge in [0.25, 0.3) is 0 Å². The lowest BCUT2D eigenvalue weighted by Crippen LogP contribution is -2.14. The molecule has 0 unspecified atom stereocenters. The second-order valence-electron chi connectivity index (χ2n) is 4.24. The van der Waals surface area contributed by atoms with Crippen molar-refractivity contribution in [1.29, 1.82) is 0 Å². The standard InChI is InChI=1S/C12H16N6O4/c1-21-6-4-14-12-16-10(13)9(18(19)20)11(17-12)15-7-8-3-2-5-22-8/h2-3,5H,4,6-7H2,1H3,(H4,13,14,15,16,17). The summed E-state index contributed by atoms with van der Waals surface area (Å²) in [5, 5.41) is 16.8. The Morgan fingerprint density at radius 1 is 1.45 bits per heavy atom. The van der Waals surface area contributed by atoms with Gasteiger partial charge in [-0.05, 0) is 12.1 Å². The number of ether oxygens (including phenoxy) is 1. The summed E-state index contributed by atoms with van der Waals surface area (Å²) in [5.74, 6) is 0.596. The minimum Gasteiger partial charge on any atom is -0.467 e. The molecule has 0 radical (unpaired) electrons. The molecule has 0 fully saturated rings. The first-order chi connectivity index (χ1) is 10.6. The van der Waals surface area contributed by atoms with Crippen LogP contribution in [-0.4, -0.2) is 35.2 Å². The zero-order valence-electron chi connectivity index (χ0n) is 11.9. The average molecular weight is 308 g/mol. The molecular weight excluding hydrogens is 292 g/mol. The van der Waals surface area contributed by atoms with Crippen molar-refractivity contribution in [2.45, 2.75) is 6.54 Å². The minimum absolute atomic E-state index is 0.0221. The van der Waals surface area contributed by atoms with E-state index >= 15 is 0 Å². The average Bonchev–Trinajstić information content (AvgIpc) is 2.97. The molecule has 0 spiro atoms. The topological polar surface area (TPSA) is 141 Å². The first-order valence-corrected chi connectivity index (χ1v) is 6.42. The molecule has 4 N–H and O–H groups in total. The van der Waals surface area contributed by atoms with E-state index in [0.717, 1.165) is 0 Å². The fraction of sp³-hybridized carbons (Fsp3) is 0.333. The normalized spacial score (nSPS) is 10.4. The van der Waals surface area contributed by atoms with Gasteiger partial charge in [-0.2, -0.15) is 9.97 Å². The lowest BCUT2D eigenvalue weighted by molar-refractivity contribution is -0.383. The van der Waals surface area contributed by atoms with Crippen LogP contribution < -0.4 is 16.4 Å². The second-order valence-corrected chi connectivity index (χ2v) is 4.24. The zero-order valence-corrected chi connectivity index (χ0v) is 11.9. The molecular formula is C12H16N6O4. The molecule has 22 heavy (non-hydrogen) atoms. The van der Waals surface area contributed by atoms with Gasteiger partial charge in [0.1, 0.15) is 5.76 Å². The van der Waals surface area contributed by atoms with Crippen molar-refractivity contribution in [2.24, 2.45) is 0 Å². The van der Waals surface area contributed by atoms with Crippen molar-refractivity contribution >= 4 is 23.3 Å². The summed E-state index contributed by atoms with van der Waals surface area (Å²) in [6, 6.07) is 3.46. The summed E-state index contributed by atoms with van der Waals surface area (Å²) in [5.41, 5.74) is 5.28. The van der Waals surface area contributed by atoms with Crippen LogP contribution in [0.3, 0.4) is 0 Å². The third kappa shape index (κ3) is 3.82. The number of hydrogen-bond acceptors (Lipinski definition) is 9. The number of nitrogens with one attached hydrogen (secondary N) is 2. The molecule has 0 aromatic carbocycles. The number of rotatable bonds is 8. The molecule has 2 aromatic rings. The van der Waals surface area contributed by atoms with Gasteiger partial charge in [-0.15, -0.1) is 0 Å². The Morgan fingerprint density at radius 3 is 2.91 bits per heavy atom. The summed E-state index contributed by atoms with van der Waals surface area (Å²) >= 11 is 0. The van der Waals surface area contributed by atoms with Gasteiger partial charge in [0.2, 0.25) is 17.6 Å². The first-order valence-electron chi connectivity index (χ1n) is 6.42. The number of hydrogen-bond donors (Lipinski definition) is 3. The van der Waals surface area contributed by atoms with Crippen LogP contribution in [0.4, 0.5) is 23.3 Å². The van der Waals surface area contributed by atoms with Gasteiger partial charge in [-0.3, -0.25) is 10.1 Å². The van der Waals surface area contributed by atoms with Gasteiger partial charge < -0.3 is 25.5 Å². The Balaban J connectivity index is 2.20. The fourth-order valence-electron chi connectivity index (χ4n) is 1.70. The van der Waals surface area contributed by atoms with Crippen LogP contribution in [0, 0.1) is 10.1 Å². The van der Waals surface area contributed by atoms with Gasteiger partial charge in [0.15, 0.2) is 0 Å². The molecule has 0 amide bonds. The quantitative estimate of drug-likeness (QED) is 0.373. The van der Waals surface area contributed by atoms with Crippen LogP contribution in [0.2, 0.25) is 0 Å². The number of aromatic nitrogens is 2. The van der Waals surface area contributed by atoms with Crippen LogP contribution in [0.1, 0.15) is 5.76 Å². The van der Waals surface area contributed by atoms with Gasteiger partial charge in [0, 0.05) is 13.7 Å². The molecule has 10 nitrogen and oxygen atoms in total. The van der Waals surface area contributed by atoms with E-state index in [-0.39, 0.29) is 29.8 Å². The van der Waals surface area contributed by atoms with Crippen molar-refractivity contribution in [1.82, 2.24) is 9.97 Å². The molecule has 0 bridgehead atoms. The number of anilines is 3. The highest BCUT2D eigenvalue weighted by atomic mass is 16.6. The molecule has 0 saturated heterocycles. The maximum absolute atomic E-state index is 11.1. The Hall–Kier alpha value is -2.88. The van der Waals surface area contributed by atoms with E-state index in [1.165, 1.54) is 6.26 Å². The smallest absolute Gasteiger partial charge is 0.353 e. The number of nitrogen functional groups attached to an aromatic ring is 1. The highest BCUT2D eigenvalue weighted by Gasteiger charge is 2.23. The van der Waals surface area contributed by atoms with Crippen LogP contribution >= 0.6 is 0 Å². The van der Waals surface area contributed by atoms with Crippen LogP contribution in [0.15, 0.2) is 22.8 Å². The number of furan rings is 1. The van der Waals surface area contributed by atoms with E-state index in [0.29, 0.717) is 18.9 Å². The van der Waals surface area contributed by atoms with E-state index in [2.05, 4.69) is 20.6 Å². The molecule has 0 aliphatic rings. The van der Waals surface area contributed by atoms with Crippen LogP contribution in [0.5, 0.6) is 0 Å². The van der Waals surface area contributed by atoms with Crippen molar-refractivity contribution in [3.63, 3.8) is 0 Å². The Labute approximate surface area is 125 Å². The van der Waals surface area contributed by atoms with Crippen molar-refractivity contribution in [2.75, 3.05) is 36.6 Å². The maximum atomic E-state index is 11.1. The molecule has 0 aliphatic carbocycles. The molecule has 0 aliphatic heterocycles. The largest absolute Gasteiger partial charge is 0.467 e. The number of nitro groups is 1. The molecule has 2 heterocycles. The monoisotopic (exact) mass is 308 g/mol. The fourth-order valence-corrected chi connectivity index (χ4v) is 1.70. The zero-order chi connectivity index (χ0) is 15.9. The predicted octanol–water partition coefficient (Wildman–Crippen LogP) is 1.23. The molecule has 0 saturated carbocycles. The molecule has 0 atom stereocenters. The van der Waals surface area contributed by atoms with E-state index in [9.17, 15) is 10.1 Å². The second kappa shape index (κ2) is 7.22. The summed E-state index contributed by atoms with van der Waals surface area (Å²) in [7, 11) is 1.56. The summed E-state index contributed by atoms with van der Waals surface area (Å²) in [6.45, 7) is 1.13. The summed E-state index contributed by atoms with van der Waals surface area (Å²) in [4.78, 5) is 18.4. The molecule has 2 aromatic heterocycles. The van der Waals surface area contributed by atoms with E-state index in [4.69, 9.17) is 14.9 Å². The summed E-state index contributed by atoms with van der Waals surface area (Å²) < 4.78 is 10.1. The Kier molecular flexibility index (Phi) is 5.09. The first kappa shape index (κ1) is 15.5. The lowest BCUT2D eigenvalue weighted by Gasteiger charge is -2.09. The van der Waals surface area contributed by atoms with Crippen LogP contribution in [-0.2, 0) is 11.3 Å². The van der Waals surface area contributed by atoms with Gasteiger partial charge in [-0.1, -0.05) is 0 Å². The number of nitrogens with zero attached hydrogens (tertiary/aromatic N) is 3. The Bertz CT molecular complexity index is 631. The predicted molar refractivity (Wildman–Crippen MR) is 79.5 cm³/mol. The third-order valence-electron chi connectivity index (χ3n) is 2.69. The molecule has 10 heteroatoms. The van der Waals surface area contributed by atoms with Gasteiger partial charge in [-0.25, -0.2) is 0 Å². The van der Waals surface area contributed by atoms with Crippen molar-refractivity contribution in [3.05, 3.63) is 34.3 Å². The number of nitrogens with two attached hydrogens (primary N) is 1. The highest BCUT2D eigenvalue weighted by Crippen LogP contribution is 2.29. The van der Waals surface area contributed by atoms with Gasteiger partial charge >= 0.3 is 5.69 Å². The maximum Gasteiger partial charge on any atom is 0.353 e. The minimum atomic E-state index is -0.626. The molecule has 118 valence electrons. The van der Waals surface area contributed by atoms with Crippen LogP contribution in [0.25, 0.3) is 0 Å². The van der Waals surface area contributed by atoms with E-state index in [1.807, 2.05) is 0 Å². The highest BCUT2D eigenvalue weighted by molar-refractivity contribution is 5.69. The third-order valence-corrected chi connectivity index (χ3v) is 2.69. The Morgan fingerprint density at radius 2 is 2.27 bits per heavy atom. The number of methoxy groups -OCH3 is 1. The van der Waals surface area contributed by atoms with Gasteiger partial charge in [0.05, 0.1) is 24.3 Å². The lowest BCUT2D eigenvalue weighted by atomic mass is 10.4. The van der Waals surface area contributed by atoms with Crippen molar-refractivity contribution in [3.8, 4) is 0 Å². The SMILES string of the molecule is COCCNc1nc(N)c([N+](=O)[O-])c(NCc2ccco2)n1. The van der Waals surface area contributed by atoms with E-state index < -0.39 is 4.92 Å². The van der Waals surface area contributed by atoms with Crippen molar-refractivity contribution < 1.29 is 14.1 Å². The summed E-state index contributed by atoms with van der Waals surface area (Å²) in [6.07, 6.45) is 1.51. The molecule has 2 rings (SSSR count). The van der Waals surface area contributed by atoms with E-state index in [1.54, 1.807) is 19.2 Å².